The van der Waals surface area contributed by atoms with Gasteiger partial charge in [-0.2, -0.15) is 0 Å². The van der Waals surface area contributed by atoms with Crippen molar-refractivity contribution in [1.82, 2.24) is 4.98 Å². The van der Waals surface area contributed by atoms with Crippen LogP contribution in [0, 0.1) is 0 Å². The summed E-state index contributed by atoms with van der Waals surface area (Å²) in [6.45, 7) is 1.23. The Balaban J connectivity index is 2.42. The van der Waals surface area contributed by atoms with Crippen LogP contribution >= 0.6 is 27.5 Å². The lowest BCUT2D eigenvalue weighted by atomic mass is 10.4. The number of methoxy groups -OCH3 is 1. The highest BCUT2D eigenvalue weighted by atomic mass is 79.9. The predicted octanol–water partition coefficient (Wildman–Crippen LogP) is 2.91. The molecule has 3 nitrogen and oxygen atoms in total. The van der Waals surface area contributed by atoms with Crippen LogP contribution in [0.1, 0.15) is 6.42 Å². The maximum atomic E-state index is 5.89. The maximum Gasteiger partial charge on any atom is 0.232 e. The van der Waals surface area contributed by atoms with Crippen LogP contribution in [0.4, 0.5) is 0 Å². The zero-order valence-electron chi connectivity index (χ0n) is 7.80. The van der Waals surface area contributed by atoms with Crippen LogP contribution in [0.3, 0.4) is 0 Å². The predicted molar refractivity (Wildman–Crippen MR) is 58.9 cm³/mol. The number of hydrogen-bond acceptors (Lipinski definition) is 3. The first-order chi connectivity index (χ1) is 6.74. The zero-order chi connectivity index (χ0) is 10.4. The van der Waals surface area contributed by atoms with Crippen molar-refractivity contribution in [3.8, 4) is 5.88 Å². The monoisotopic (exact) mass is 279 g/mol. The van der Waals surface area contributed by atoms with E-state index in [-0.39, 0.29) is 0 Å². The van der Waals surface area contributed by atoms with Crippen molar-refractivity contribution in [3.05, 3.63) is 21.8 Å². The molecule has 0 fully saturated rings. The Hall–Kier alpha value is -0.320. The van der Waals surface area contributed by atoms with E-state index in [1.807, 2.05) is 0 Å². The molecule has 0 aliphatic rings. The molecule has 0 radical (unpaired) electrons. The average molecular weight is 281 g/mol. The van der Waals surface area contributed by atoms with Crippen LogP contribution in [-0.4, -0.2) is 25.3 Å². The highest BCUT2D eigenvalue weighted by molar-refractivity contribution is 9.10. The molecule has 5 heteroatoms. The second-order valence-corrected chi connectivity index (χ2v) is 3.96. The van der Waals surface area contributed by atoms with E-state index in [4.69, 9.17) is 21.1 Å². The fourth-order valence-electron chi connectivity index (χ4n) is 0.880. The van der Waals surface area contributed by atoms with E-state index < -0.39 is 0 Å². The number of ether oxygens (including phenoxy) is 2. The Morgan fingerprint density at radius 2 is 2.29 bits per heavy atom. The standard InChI is InChI=1S/C9H11BrClNO2/c1-13-3-2-4-14-9-8(11)5-7(10)6-12-9/h5-6H,2-4H2,1H3. The molecule has 14 heavy (non-hydrogen) atoms. The first-order valence-corrected chi connectivity index (χ1v) is 5.34. The summed E-state index contributed by atoms with van der Waals surface area (Å²) in [4.78, 5) is 4.03. The van der Waals surface area contributed by atoms with Gasteiger partial charge in [-0.3, -0.25) is 0 Å². The molecular weight excluding hydrogens is 269 g/mol. The lowest BCUT2D eigenvalue weighted by molar-refractivity contribution is 0.170. The van der Waals surface area contributed by atoms with Gasteiger partial charge in [-0.05, 0) is 22.0 Å². The molecule has 0 amide bonds. The van der Waals surface area contributed by atoms with Crippen LogP contribution in [0.25, 0.3) is 0 Å². The molecule has 0 bridgehead atoms. The summed E-state index contributed by atoms with van der Waals surface area (Å²) in [6.07, 6.45) is 2.47. The van der Waals surface area contributed by atoms with E-state index in [0.29, 0.717) is 24.1 Å². The van der Waals surface area contributed by atoms with E-state index in [9.17, 15) is 0 Å². The molecule has 1 heterocycles. The van der Waals surface area contributed by atoms with E-state index >= 15 is 0 Å². The van der Waals surface area contributed by atoms with Crippen molar-refractivity contribution < 1.29 is 9.47 Å². The van der Waals surface area contributed by atoms with Gasteiger partial charge in [-0.15, -0.1) is 0 Å². The molecule has 0 unspecified atom stereocenters. The molecule has 0 saturated heterocycles. The molecular formula is C9H11BrClNO2. The minimum Gasteiger partial charge on any atom is -0.477 e. The molecule has 0 aliphatic heterocycles. The minimum absolute atomic E-state index is 0.464. The quantitative estimate of drug-likeness (QED) is 0.777. The van der Waals surface area contributed by atoms with Crippen molar-refractivity contribution in [2.24, 2.45) is 0 Å². The van der Waals surface area contributed by atoms with Gasteiger partial charge in [0.05, 0.1) is 6.61 Å². The summed E-state index contributed by atoms with van der Waals surface area (Å²) in [5.74, 6) is 0.464. The van der Waals surface area contributed by atoms with Crippen LogP contribution in [0.15, 0.2) is 16.7 Å². The fourth-order valence-corrected chi connectivity index (χ4v) is 1.56. The second-order valence-electron chi connectivity index (χ2n) is 2.64. The first-order valence-electron chi connectivity index (χ1n) is 4.17. The van der Waals surface area contributed by atoms with Gasteiger partial charge in [0.2, 0.25) is 5.88 Å². The SMILES string of the molecule is COCCCOc1ncc(Br)cc1Cl. The first kappa shape index (κ1) is 11.8. The molecule has 0 aromatic carbocycles. The highest BCUT2D eigenvalue weighted by Crippen LogP contribution is 2.24. The third-order valence-corrected chi connectivity index (χ3v) is 2.21. The summed E-state index contributed by atoms with van der Waals surface area (Å²) in [7, 11) is 1.66. The molecule has 0 spiro atoms. The zero-order valence-corrected chi connectivity index (χ0v) is 10.1. The van der Waals surface area contributed by atoms with Crippen LogP contribution in [0.2, 0.25) is 5.02 Å². The second kappa shape index (κ2) is 6.22. The number of halogens is 2. The van der Waals surface area contributed by atoms with Gasteiger partial charge >= 0.3 is 0 Å². The van der Waals surface area contributed by atoms with E-state index in [1.54, 1.807) is 19.4 Å². The number of rotatable bonds is 5. The summed E-state index contributed by atoms with van der Waals surface area (Å²) >= 11 is 9.16. The topological polar surface area (TPSA) is 31.4 Å². The van der Waals surface area contributed by atoms with Gasteiger partial charge in [0.1, 0.15) is 5.02 Å². The van der Waals surface area contributed by atoms with Crippen LogP contribution < -0.4 is 4.74 Å². The molecule has 0 atom stereocenters. The van der Waals surface area contributed by atoms with E-state index in [2.05, 4.69) is 20.9 Å². The van der Waals surface area contributed by atoms with Crippen molar-refractivity contribution in [2.75, 3.05) is 20.3 Å². The molecule has 1 rings (SSSR count). The smallest absolute Gasteiger partial charge is 0.232 e. The summed E-state index contributed by atoms with van der Waals surface area (Å²) in [5, 5.41) is 0.511. The van der Waals surface area contributed by atoms with Crippen molar-refractivity contribution in [1.29, 1.82) is 0 Å². The lowest BCUT2D eigenvalue weighted by Gasteiger charge is -2.06. The summed E-state index contributed by atoms with van der Waals surface area (Å²) < 4.78 is 11.1. The van der Waals surface area contributed by atoms with Gasteiger partial charge < -0.3 is 9.47 Å². The molecule has 0 saturated carbocycles. The van der Waals surface area contributed by atoms with Crippen molar-refractivity contribution >= 4 is 27.5 Å². The van der Waals surface area contributed by atoms with Crippen LogP contribution in [0.5, 0.6) is 5.88 Å². The van der Waals surface area contributed by atoms with Crippen molar-refractivity contribution in [3.63, 3.8) is 0 Å². The number of aromatic nitrogens is 1. The average Bonchev–Trinajstić information content (AvgIpc) is 2.15. The maximum absolute atomic E-state index is 5.89. The molecule has 1 aromatic heterocycles. The van der Waals surface area contributed by atoms with Gasteiger partial charge in [0, 0.05) is 30.8 Å². The third kappa shape index (κ3) is 3.82. The Bertz CT molecular complexity index is 296. The normalized spacial score (nSPS) is 10.2. The Morgan fingerprint density at radius 3 is 2.93 bits per heavy atom. The Morgan fingerprint density at radius 1 is 1.50 bits per heavy atom. The minimum atomic E-state index is 0.464. The lowest BCUT2D eigenvalue weighted by Crippen LogP contribution is -2.02. The fraction of sp³-hybridized carbons (Fsp3) is 0.444. The molecule has 78 valence electrons. The summed E-state index contributed by atoms with van der Waals surface area (Å²) in [6, 6.07) is 1.75. The number of hydrogen-bond donors (Lipinski definition) is 0. The van der Waals surface area contributed by atoms with Gasteiger partial charge in [-0.1, -0.05) is 11.6 Å². The van der Waals surface area contributed by atoms with Gasteiger partial charge in [0.15, 0.2) is 0 Å². The largest absolute Gasteiger partial charge is 0.477 e. The van der Waals surface area contributed by atoms with E-state index in [0.717, 1.165) is 10.9 Å². The Kier molecular flexibility index (Phi) is 5.22. The van der Waals surface area contributed by atoms with Crippen LogP contribution in [-0.2, 0) is 4.74 Å². The summed E-state index contributed by atoms with van der Waals surface area (Å²) in [5.41, 5.74) is 0. The van der Waals surface area contributed by atoms with E-state index in [1.165, 1.54) is 0 Å². The Labute approximate surface area is 96.5 Å². The molecule has 0 aliphatic carbocycles. The highest BCUT2D eigenvalue weighted by Gasteiger charge is 2.02. The van der Waals surface area contributed by atoms with Gasteiger partial charge in [-0.25, -0.2) is 4.98 Å². The van der Waals surface area contributed by atoms with Crippen molar-refractivity contribution in [2.45, 2.75) is 6.42 Å². The number of nitrogens with zero attached hydrogens (tertiary/aromatic N) is 1. The molecule has 0 N–H and O–H groups in total. The third-order valence-electron chi connectivity index (χ3n) is 1.51. The number of pyridine rings is 1. The molecule has 1 aromatic rings. The van der Waals surface area contributed by atoms with Gasteiger partial charge in [0.25, 0.3) is 0 Å².